The lowest BCUT2D eigenvalue weighted by atomic mass is 10.2. The fraction of sp³-hybridized carbons (Fsp3) is 0.385. The number of carbonyl (C=O) groups is 2. The van der Waals surface area contributed by atoms with Crippen LogP contribution in [-0.2, 0) is 40.1 Å². The molecule has 0 aliphatic heterocycles. The maximum atomic E-state index is 13.1. The molecular weight excluding hydrogens is 552 g/mol. The number of hydrogen-bond acceptors (Lipinski definition) is 8. The Hall–Kier alpha value is -4.53. The summed E-state index contributed by atoms with van der Waals surface area (Å²) in [5, 5.41) is 5.50. The molecule has 214 valence electrons. The molecule has 2 aliphatic carbocycles. The summed E-state index contributed by atoms with van der Waals surface area (Å²) < 4.78 is 29.5. The Bertz CT molecular complexity index is 1930. The second-order valence-electron chi connectivity index (χ2n) is 10.7. The molecular formula is C26H28N8O6S. The predicted molar refractivity (Wildman–Crippen MR) is 149 cm³/mol. The third-order valence-electron chi connectivity index (χ3n) is 7.25. The van der Waals surface area contributed by atoms with Crippen LogP contribution in [0.25, 0.3) is 16.9 Å². The first-order chi connectivity index (χ1) is 19.4. The van der Waals surface area contributed by atoms with Gasteiger partial charge in [-0.15, -0.1) is 0 Å². The van der Waals surface area contributed by atoms with Gasteiger partial charge >= 0.3 is 5.69 Å². The topological polar surface area (TPSA) is 172 Å². The van der Waals surface area contributed by atoms with Crippen molar-refractivity contribution in [1.82, 2.24) is 28.2 Å². The number of benzene rings is 1. The van der Waals surface area contributed by atoms with Crippen molar-refractivity contribution in [2.75, 3.05) is 16.9 Å². The zero-order chi connectivity index (χ0) is 29.2. The van der Waals surface area contributed by atoms with Gasteiger partial charge in [-0.25, -0.2) is 18.2 Å². The van der Waals surface area contributed by atoms with Crippen LogP contribution in [0.15, 0.2) is 45.5 Å². The van der Waals surface area contributed by atoms with Crippen LogP contribution in [0.3, 0.4) is 0 Å². The minimum Gasteiger partial charge on any atom is -0.326 e. The number of hydrogen-bond donors (Lipinski definition) is 2. The number of rotatable bonds is 8. The number of sulfone groups is 1. The number of aryl methyl sites for hydroxylation is 1. The molecule has 0 bridgehead atoms. The molecule has 14 nitrogen and oxygen atoms in total. The molecule has 1 aromatic carbocycles. The maximum Gasteiger partial charge on any atom is 0.332 e. The van der Waals surface area contributed by atoms with Gasteiger partial charge in [-0.2, -0.15) is 4.98 Å². The van der Waals surface area contributed by atoms with Gasteiger partial charge in [0.2, 0.25) is 26.8 Å². The van der Waals surface area contributed by atoms with Crippen LogP contribution in [0.2, 0.25) is 0 Å². The van der Waals surface area contributed by atoms with Gasteiger partial charge in [0.15, 0.2) is 11.2 Å². The quantitative estimate of drug-likeness (QED) is 0.308. The summed E-state index contributed by atoms with van der Waals surface area (Å²) in [5.41, 5.74) is 0.658. The summed E-state index contributed by atoms with van der Waals surface area (Å²) in [4.78, 5) is 59.3. The summed E-state index contributed by atoms with van der Waals surface area (Å²) in [6.45, 7) is -0.0972. The third-order valence-corrected chi connectivity index (χ3v) is 8.28. The highest BCUT2D eigenvalue weighted by molar-refractivity contribution is 7.90. The van der Waals surface area contributed by atoms with E-state index in [-0.39, 0.29) is 46.5 Å². The molecule has 4 aromatic rings. The lowest BCUT2D eigenvalue weighted by molar-refractivity contribution is -0.118. The Kier molecular flexibility index (Phi) is 6.21. The summed E-state index contributed by atoms with van der Waals surface area (Å²) in [6.07, 6.45) is 7.56. The first-order valence-electron chi connectivity index (χ1n) is 13.1. The molecule has 0 unspecified atom stereocenters. The molecule has 41 heavy (non-hydrogen) atoms. The fourth-order valence-corrected chi connectivity index (χ4v) is 5.56. The molecule has 2 N–H and O–H groups in total. The van der Waals surface area contributed by atoms with Crippen molar-refractivity contribution < 1.29 is 18.0 Å². The molecule has 3 aromatic heterocycles. The minimum atomic E-state index is -3.78. The lowest BCUT2D eigenvalue weighted by Crippen LogP contribution is -2.39. The van der Waals surface area contributed by atoms with E-state index in [0.717, 1.165) is 36.5 Å². The molecule has 15 heteroatoms. The molecule has 3 heterocycles. The van der Waals surface area contributed by atoms with Gasteiger partial charge < -0.3 is 19.8 Å². The SMILES string of the molecule is Cn1c(=O)c2c(nc(S(C)(=O)=O)n2C)n(Cc2cn(-c3cc(NC(=O)C4CC4)cc(NC(=O)C4CC4)c3)cn2)c1=O. The van der Waals surface area contributed by atoms with E-state index in [1.54, 1.807) is 29.0 Å². The average Bonchev–Trinajstić information content (AvgIpc) is 3.84. The fourth-order valence-electron chi connectivity index (χ4n) is 4.72. The first-order valence-corrected chi connectivity index (χ1v) is 15.0. The average molecular weight is 581 g/mol. The zero-order valence-electron chi connectivity index (χ0n) is 22.6. The van der Waals surface area contributed by atoms with E-state index < -0.39 is 21.1 Å². The number of anilines is 2. The van der Waals surface area contributed by atoms with Crippen molar-refractivity contribution in [3.8, 4) is 5.69 Å². The van der Waals surface area contributed by atoms with Crippen LogP contribution in [0.1, 0.15) is 31.4 Å². The van der Waals surface area contributed by atoms with Crippen molar-refractivity contribution in [2.24, 2.45) is 25.9 Å². The summed E-state index contributed by atoms with van der Waals surface area (Å²) >= 11 is 0. The van der Waals surface area contributed by atoms with Crippen molar-refractivity contribution in [1.29, 1.82) is 0 Å². The molecule has 0 radical (unpaired) electrons. The number of nitrogens with one attached hydrogen (secondary N) is 2. The Labute approximate surface area is 233 Å². The maximum absolute atomic E-state index is 13.1. The summed E-state index contributed by atoms with van der Waals surface area (Å²) in [5.74, 6) is -0.158. The minimum absolute atomic E-state index is 0.00481. The van der Waals surface area contributed by atoms with Crippen LogP contribution in [0.5, 0.6) is 0 Å². The van der Waals surface area contributed by atoms with Crippen LogP contribution >= 0.6 is 0 Å². The second kappa shape index (κ2) is 9.54. The highest BCUT2D eigenvalue weighted by Crippen LogP contribution is 2.33. The molecule has 2 amide bonds. The Balaban J connectivity index is 1.37. The van der Waals surface area contributed by atoms with Gasteiger partial charge in [-0.1, -0.05) is 0 Å². The van der Waals surface area contributed by atoms with Gasteiger partial charge in [0.1, 0.15) is 0 Å². The van der Waals surface area contributed by atoms with Gasteiger partial charge in [0, 0.05) is 49.8 Å². The smallest absolute Gasteiger partial charge is 0.326 e. The lowest BCUT2D eigenvalue weighted by Gasteiger charge is -2.12. The monoisotopic (exact) mass is 580 g/mol. The van der Waals surface area contributed by atoms with E-state index in [1.807, 2.05) is 0 Å². The standard InChI is InChI=1S/C26H28N8O6S/c1-31-20-21(30-25(31)41(3,39)40)34(26(38)32(2)24(20)37)12-18-11-33(13-27-18)19-9-16(28-22(35)14-4-5-14)8-17(10-19)29-23(36)15-6-7-15/h8-11,13-15H,4-7,12H2,1-3H3,(H,28,35)(H,29,36). The zero-order valence-corrected chi connectivity index (χ0v) is 23.4. The number of aromatic nitrogens is 6. The van der Waals surface area contributed by atoms with Gasteiger partial charge in [0.25, 0.3) is 5.56 Å². The number of amides is 2. The van der Waals surface area contributed by atoms with E-state index >= 15 is 0 Å². The molecule has 0 saturated heterocycles. The van der Waals surface area contributed by atoms with Gasteiger partial charge in [-0.05, 0) is 43.9 Å². The highest BCUT2D eigenvalue weighted by Gasteiger charge is 2.31. The number of imidazole rings is 2. The van der Waals surface area contributed by atoms with E-state index in [1.165, 1.54) is 29.6 Å². The normalized spacial score (nSPS) is 15.3. The van der Waals surface area contributed by atoms with Crippen molar-refractivity contribution in [3.05, 3.63) is 57.3 Å². The van der Waals surface area contributed by atoms with E-state index in [9.17, 15) is 27.6 Å². The third kappa shape index (κ3) is 5.08. The highest BCUT2D eigenvalue weighted by atomic mass is 32.2. The second-order valence-corrected chi connectivity index (χ2v) is 12.6. The summed E-state index contributed by atoms with van der Waals surface area (Å²) in [6, 6.07) is 5.22. The number of nitrogens with zero attached hydrogens (tertiary/aromatic N) is 6. The molecule has 6 rings (SSSR count). The van der Waals surface area contributed by atoms with Crippen LogP contribution in [0, 0.1) is 11.8 Å². The first kappa shape index (κ1) is 26.7. The van der Waals surface area contributed by atoms with E-state index in [2.05, 4.69) is 20.6 Å². The number of carbonyl (C=O) groups excluding carboxylic acids is 2. The Morgan fingerprint density at radius 3 is 2.07 bits per heavy atom. The van der Waals surface area contributed by atoms with E-state index in [4.69, 9.17) is 0 Å². The molecule has 0 spiro atoms. The van der Waals surface area contributed by atoms with Crippen LogP contribution in [0.4, 0.5) is 11.4 Å². The predicted octanol–water partition coefficient (Wildman–Crippen LogP) is 0.768. The van der Waals surface area contributed by atoms with Gasteiger partial charge in [0.05, 0.1) is 24.3 Å². The molecule has 2 saturated carbocycles. The van der Waals surface area contributed by atoms with Gasteiger partial charge in [-0.3, -0.25) is 23.5 Å². The van der Waals surface area contributed by atoms with Crippen LogP contribution in [-0.4, -0.2) is 54.7 Å². The molecule has 2 fully saturated rings. The largest absolute Gasteiger partial charge is 0.332 e. The van der Waals surface area contributed by atoms with Crippen molar-refractivity contribution in [3.63, 3.8) is 0 Å². The number of fused-ring (bicyclic) bond motifs is 1. The summed E-state index contributed by atoms with van der Waals surface area (Å²) in [7, 11) is -1.06. The van der Waals surface area contributed by atoms with Crippen molar-refractivity contribution >= 4 is 44.2 Å². The van der Waals surface area contributed by atoms with E-state index in [0.29, 0.717) is 22.8 Å². The Morgan fingerprint density at radius 1 is 0.951 bits per heavy atom. The van der Waals surface area contributed by atoms with Crippen molar-refractivity contribution in [2.45, 2.75) is 37.4 Å². The van der Waals surface area contributed by atoms with Crippen LogP contribution < -0.4 is 21.9 Å². The molecule has 0 atom stereocenters. The molecule has 2 aliphatic rings. The Morgan fingerprint density at radius 2 is 1.54 bits per heavy atom.